The second-order valence-electron chi connectivity index (χ2n) is 8.45. The van der Waals surface area contributed by atoms with Crippen molar-refractivity contribution >= 4 is 38.6 Å². The number of aromatic nitrogens is 2. The fourth-order valence-electron chi connectivity index (χ4n) is 4.14. The minimum Gasteiger partial charge on any atom is -0.444 e. The zero-order chi connectivity index (χ0) is 19.2. The van der Waals surface area contributed by atoms with E-state index in [4.69, 9.17) is 4.74 Å². The van der Waals surface area contributed by atoms with E-state index in [1.54, 1.807) is 6.20 Å². The van der Waals surface area contributed by atoms with Crippen molar-refractivity contribution in [1.29, 1.82) is 0 Å². The van der Waals surface area contributed by atoms with E-state index in [1.165, 1.54) is 5.69 Å². The average molecular weight is 433 g/mol. The maximum absolute atomic E-state index is 12.5. The second-order valence-corrected chi connectivity index (χ2v) is 9.31. The predicted molar refractivity (Wildman–Crippen MR) is 109 cm³/mol. The molecular weight excluding hydrogens is 408 g/mol. The molecule has 1 aromatic heterocycles. The standard InChI is InChI=1S/C20H25BrN4O2/c1-19(2,3)27-18(26)25-13-9-20(25)7-11-24(12-8-20)16-5-4-15(21)17-14(16)6-10-22-23-17/h4-6,10H,7-9,11-13H2,1-3H3. The predicted octanol–water partition coefficient (Wildman–Crippen LogP) is 4.37. The molecule has 2 aliphatic rings. The van der Waals surface area contributed by atoms with Crippen molar-refractivity contribution in [1.82, 2.24) is 15.1 Å². The summed E-state index contributed by atoms with van der Waals surface area (Å²) in [4.78, 5) is 16.9. The molecule has 2 saturated heterocycles. The Morgan fingerprint density at radius 3 is 2.48 bits per heavy atom. The first kappa shape index (κ1) is 18.5. The Balaban J connectivity index is 1.50. The number of amides is 1. The van der Waals surface area contributed by atoms with Crippen molar-refractivity contribution in [3.05, 3.63) is 28.9 Å². The van der Waals surface area contributed by atoms with Crippen molar-refractivity contribution in [3.8, 4) is 0 Å². The molecule has 0 saturated carbocycles. The fraction of sp³-hybridized carbons (Fsp3) is 0.550. The molecule has 1 aromatic carbocycles. The molecule has 1 amide bonds. The first-order chi connectivity index (χ1) is 12.8. The summed E-state index contributed by atoms with van der Waals surface area (Å²) in [6.45, 7) is 8.38. The number of halogens is 1. The van der Waals surface area contributed by atoms with Gasteiger partial charge in [0.15, 0.2) is 0 Å². The Morgan fingerprint density at radius 1 is 1.15 bits per heavy atom. The number of anilines is 1. The monoisotopic (exact) mass is 432 g/mol. The molecule has 2 aliphatic heterocycles. The molecule has 2 aromatic rings. The van der Waals surface area contributed by atoms with Gasteiger partial charge in [-0.2, -0.15) is 5.10 Å². The maximum Gasteiger partial charge on any atom is 0.410 e. The van der Waals surface area contributed by atoms with Gasteiger partial charge in [-0.05, 0) is 74.2 Å². The number of hydrogen-bond acceptors (Lipinski definition) is 5. The van der Waals surface area contributed by atoms with Crippen LogP contribution in [0.4, 0.5) is 10.5 Å². The fourth-order valence-corrected chi connectivity index (χ4v) is 4.56. The molecule has 0 bridgehead atoms. The van der Waals surface area contributed by atoms with Gasteiger partial charge < -0.3 is 14.5 Å². The van der Waals surface area contributed by atoms with E-state index in [9.17, 15) is 4.79 Å². The second kappa shape index (κ2) is 6.62. The van der Waals surface area contributed by atoms with Crippen LogP contribution in [-0.2, 0) is 4.74 Å². The Morgan fingerprint density at radius 2 is 1.85 bits per heavy atom. The summed E-state index contributed by atoms with van der Waals surface area (Å²) in [5.41, 5.74) is 1.57. The van der Waals surface area contributed by atoms with Crippen LogP contribution in [0.2, 0.25) is 0 Å². The Bertz CT molecular complexity index is 872. The maximum atomic E-state index is 12.5. The average Bonchev–Trinajstić information content (AvgIpc) is 2.60. The zero-order valence-corrected chi connectivity index (χ0v) is 17.6. The van der Waals surface area contributed by atoms with E-state index in [1.807, 2.05) is 37.8 Å². The third-order valence-electron chi connectivity index (χ3n) is 5.63. The minimum atomic E-state index is -0.452. The zero-order valence-electron chi connectivity index (χ0n) is 16.0. The smallest absolute Gasteiger partial charge is 0.410 e. The van der Waals surface area contributed by atoms with Gasteiger partial charge in [-0.15, -0.1) is 5.10 Å². The Labute approximate surface area is 168 Å². The number of benzene rings is 1. The quantitative estimate of drug-likeness (QED) is 0.669. The van der Waals surface area contributed by atoms with Crippen LogP contribution in [0.3, 0.4) is 0 Å². The molecule has 1 spiro atoms. The lowest BCUT2D eigenvalue weighted by Gasteiger charge is -2.56. The van der Waals surface area contributed by atoms with Gasteiger partial charge in [-0.1, -0.05) is 0 Å². The highest BCUT2D eigenvalue weighted by atomic mass is 79.9. The number of nitrogens with zero attached hydrogens (tertiary/aromatic N) is 4. The van der Waals surface area contributed by atoms with Gasteiger partial charge in [0.2, 0.25) is 0 Å². The van der Waals surface area contributed by atoms with Crippen molar-refractivity contribution in [2.75, 3.05) is 24.5 Å². The normalized spacial score (nSPS) is 19.3. The van der Waals surface area contributed by atoms with E-state index >= 15 is 0 Å². The van der Waals surface area contributed by atoms with Crippen LogP contribution in [0.25, 0.3) is 10.9 Å². The molecule has 0 radical (unpaired) electrons. The van der Waals surface area contributed by atoms with Gasteiger partial charge in [0.05, 0.1) is 11.7 Å². The van der Waals surface area contributed by atoms with Crippen LogP contribution in [0.15, 0.2) is 28.9 Å². The first-order valence-corrected chi connectivity index (χ1v) is 10.2. The SMILES string of the molecule is CC(C)(C)OC(=O)N1CCC12CCN(c1ccc(Br)c3nnccc13)CC2. The van der Waals surface area contributed by atoms with E-state index in [2.05, 4.69) is 37.1 Å². The van der Waals surface area contributed by atoms with Crippen LogP contribution >= 0.6 is 15.9 Å². The van der Waals surface area contributed by atoms with Gasteiger partial charge in [-0.3, -0.25) is 0 Å². The number of carbonyl (C=O) groups is 1. The number of piperidine rings is 1. The molecule has 0 atom stereocenters. The third kappa shape index (κ3) is 3.37. The molecule has 2 fully saturated rings. The summed E-state index contributed by atoms with van der Waals surface area (Å²) in [7, 11) is 0. The van der Waals surface area contributed by atoms with Crippen molar-refractivity contribution in [2.24, 2.45) is 0 Å². The van der Waals surface area contributed by atoms with Gasteiger partial charge in [0.1, 0.15) is 11.1 Å². The summed E-state index contributed by atoms with van der Waals surface area (Å²) < 4.78 is 6.56. The molecule has 0 N–H and O–H groups in total. The summed E-state index contributed by atoms with van der Waals surface area (Å²) in [5.74, 6) is 0. The molecule has 0 aliphatic carbocycles. The highest BCUT2D eigenvalue weighted by Gasteiger charge is 2.50. The topological polar surface area (TPSA) is 58.6 Å². The molecule has 4 rings (SSSR count). The molecule has 7 heteroatoms. The van der Waals surface area contributed by atoms with E-state index in [0.29, 0.717) is 0 Å². The molecule has 0 unspecified atom stereocenters. The number of ether oxygens (including phenoxy) is 1. The highest BCUT2D eigenvalue weighted by Crippen LogP contribution is 2.42. The van der Waals surface area contributed by atoms with E-state index in [-0.39, 0.29) is 11.6 Å². The summed E-state index contributed by atoms with van der Waals surface area (Å²) in [6, 6.07) is 6.19. The lowest BCUT2D eigenvalue weighted by Crippen LogP contribution is -2.66. The summed E-state index contributed by atoms with van der Waals surface area (Å²) in [6.07, 6.45) is 4.54. The molecule has 3 heterocycles. The van der Waals surface area contributed by atoms with E-state index < -0.39 is 5.60 Å². The number of carbonyl (C=O) groups excluding carboxylic acids is 1. The Kier molecular flexibility index (Phi) is 4.53. The number of fused-ring (bicyclic) bond motifs is 1. The van der Waals surface area contributed by atoms with E-state index in [0.717, 1.165) is 54.3 Å². The largest absolute Gasteiger partial charge is 0.444 e. The summed E-state index contributed by atoms with van der Waals surface area (Å²) >= 11 is 3.56. The van der Waals surface area contributed by atoms with Gasteiger partial charge in [-0.25, -0.2) is 4.79 Å². The number of likely N-dealkylation sites (tertiary alicyclic amines) is 1. The Hall–Kier alpha value is -1.89. The molecule has 27 heavy (non-hydrogen) atoms. The first-order valence-electron chi connectivity index (χ1n) is 9.45. The van der Waals surface area contributed by atoms with Crippen LogP contribution in [0, 0.1) is 0 Å². The van der Waals surface area contributed by atoms with Crippen LogP contribution in [0.5, 0.6) is 0 Å². The number of hydrogen-bond donors (Lipinski definition) is 0. The summed E-state index contributed by atoms with van der Waals surface area (Å²) in [5, 5.41) is 9.38. The van der Waals surface area contributed by atoms with Gasteiger partial charge >= 0.3 is 6.09 Å². The van der Waals surface area contributed by atoms with Crippen LogP contribution in [-0.4, -0.2) is 52.0 Å². The molecule has 144 valence electrons. The van der Waals surface area contributed by atoms with Crippen molar-refractivity contribution in [3.63, 3.8) is 0 Å². The highest BCUT2D eigenvalue weighted by molar-refractivity contribution is 9.10. The van der Waals surface area contributed by atoms with Crippen LogP contribution < -0.4 is 4.90 Å². The van der Waals surface area contributed by atoms with Gasteiger partial charge in [0, 0.05) is 35.2 Å². The van der Waals surface area contributed by atoms with Crippen molar-refractivity contribution in [2.45, 2.75) is 51.2 Å². The molecular formula is C20H25BrN4O2. The number of rotatable bonds is 1. The van der Waals surface area contributed by atoms with Crippen molar-refractivity contribution < 1.29 is 9.53 Å². The lowest BCUT2D eigenvalue weighted by atomic mass is 9.76. The van der Waals surface area contributed by atoms with Gasteiger partial charge in [0.25, 0.3) is 0 Å². The lowest BCUT2D eigenvalue weighted by molar-refractivity contribution is -0.0541. The molecule has 6 nitrogen and oxygen atoms in total. The minimum absolute atomic E-state index is 0.0379. The third-order valence-corrected chi connectivity index (χ3v) is 6.27. The van der Waals surface area contributed by atoms with Crippen LogP contribution in [0.1, 0.15) is 40.0 Å².